The Morgan fingerprint density at radius 1 is 0.757 bits per heavy atom. The highest BCUT2D eigenvalue weighted by molar-refractivity contribution is 6.31. The minimum Gasteiger partial charge on any atom is -0.436 e. The van der Waals surface area contributed by atoms with Crippen LogP contribution in [0.5, 0.6) is 0 Å². The summed E-state index contributed by atoms with van der Waals surface area (Å²) in [6, 6.07) is 17.3. The van der Waals surface area contributed by atoms with Gasteiger partial charge in [0.2, 0.25) is 17.4 Å². The Bertz CT molecular complexity index is 1520. The van der Waals surface area contributed by atoms with Crippen molar-refractivity contribution in [2.75, 3.05) is 9.80 Å². The van der Waals surface area contributed by atoms with E-state index in [0.29, 0.717) is 5.02 Å². The monoisotopic (exact) mass is 518 g/mol. The number of carbonyl (C=O) groups is 5. The number of fused-ring (bicyclic) bond motifs is 2. The third kappa shape index (κ3) is 3.18. The van der Waals surface area contributed by atoms with Gasteiger partial charge in [-0.05, 0) is 36.4 Å². The quantitative estimate of drug-likeness (QED) is 0.529. The fraction of sp³-hybridized carbons (Fsp3) is 0.148. The molecule has 0 spiro atoms. The number of anilines is 2. The molecule has 0 bridgehead atoms. The second kappa shape index (κ2) is 8.36. The number of carbonyl (C=O) groups excluding carboxylic acids is 5. The van der Waals surface area contributed by atoms with E-state index in [1.807, 2.05) is 0 Å². The van der Waals surface area contributed by atoms with Gasteiger partial charge in [0.15, 0.2) is 0 Å². The molecule has 2 heterocycles. The van der Waals surface area contributed by atoms with E-state index in [1.165, 1.54) is 60.7 Å². The average molecular weight is 519 g/mol. The third-order valence-corrected chi connectivity index (χ3v) is 6.79. The van der Waals surface area contributed by atoms with E-state index in [4.69, 9.17) is 16.3 Å². The first-order valence-electron chi connectivity index (χ1n) is 11.2. The van der Waals surface area contributed by atoms with E-state index in [2.05, 4.69) is 0 Å². The van der Waals surface area contributed by atoms with Gasteiger partial charge in [-0.1, -0.05) is 48.0 Å². The lowest BCUT2D eigenvalue weighted by Gasteiger charge is -2.39. The highest BCUT2D eigenvalue weighted by Crippen LogP contribution is 2.58. The van der Waals surface area contributed by atoms with Crippen LogP contribution in [0.1, 0.15) is 35.3 Å². The fourth-order valence-corrected chi connectivity index (χ4v) is 5.11. The number of ether oxygens (including phenoxy) is 1. The molecule has 1 N–H and O–H groups in total. The summed E-state index contributed by atoms with van der Waals surface area (Å²) in [4.78, 5) is 68.2. The van der Waals surface area contributed by atoms with Crippen LogP contribution < -0.4 is 9.80 Å². The number of para-hydroxylation sites is 2. The van der Waals surface area contributed by atoms with Crippen LogP contribution in [0, 0.1) is 0 Å². The number of nitrogens with zero attached hydrogens (tertiary/aromatic N) is 2. The summed E-state index contributed by atoms with van der Waals surface area (Å²) in [5, 5.41) is 12.7. The molecule has 9 nitrogen and oxygen atoms in total. The molecule has 2 aliphatic heterocycles. The Balaban J connectivity index is 1.83. The molecule has 0 aromatic heterocycles. The van der Waals surface area contributed by atoms with Gasteiger partial charge in [0.25, 0.3) is 17.4 Å². The van der Waals surface area contributed by atoms with E-state index in [1.54, 1.807) is 12.1 Å². The maximum atomic E-state index is 14.2. The molecule has 37 heavy (non-hydrogen) atoms. The zero-order chi connectivity index (χ0) is 26.7. The van der Waals surface area contributed by atoms with Crippen molar-refractivity contribution in [3.8, 4) is 0 Å². The van der Waals surface area contributed by atoms with E-state index in [0.717, 1.165) is 23.6 Å². The lowest BCUT2D eigenvalue weighted by Crippen LogP contribution is -2.62. The van der Waals surface area contributed by atoms with Crippen LogP contribution >= 0.6 is 11.6 Å². The summed E-state index contributed by atoms with van der Waals surface area (Å²) in [5.74, 6) is -4.87. The molecule has 0 aliphatic carbocycles. The first kappa shape index (κ1) is 24.4. The first-order valence-corrected chi connectivity index (χ1v) is 11.5. The van der Waals surface area contributed by atoms with Gasteiger partial charge in [0.1, 0.15) is 0 Å². The van der Waals surface area contributed by atoms with Gasteiger partial charge in [-0.25, -0.2) is 14.6 Å². The molecule has 2 atom stereocenters. The van der Waals surface area contributed by atoms with Crippen molar-refractivity contribution in [2.24, 2.45) is 0 Å². The SMILES string of the molecule is CC(=O)N1C(=O)[C@](O)([C@@]2(OC(=O)c3ccc(Cl)cc3)C(=O)N(C(C)=O)c3ccccc32)c2ccccc21. The largest absolute Gasteiger partial charge is 0.436 e. The summed E-state index contributed by atoms with van der Waals surface area (Å²) in [6.45, 7) is 2.25. The van der Waals surface area contributed by atoms with Crippen molar-refractivity contribution in [1.29, 1.82) is 0 Å². The molecule has 0 unspecified atom stereocenters. The number of hydrogen-bond donors (Lipinski definition) is 1. The third-order valence-electron chi connectivity index (χ3n) is 6.54. The zero-order valence-corrected chi connectivity index (χ0v) is 20.4. The maximum absolute atomic E-state index is 14.2. The summed E-state index contributed by atoms with van der Waals surface area (Å²) in [5.41, 5.74) is -5.83. The van der Waals surface area contributed by atoms with Crippen molar-refractivity contribution in [3.63, 3.8) is 0 Å². The molecule has 10 heteroatoms. The molecule has 0 radical (unpaired) electrons. The molecule has 5 rings (SSSR count). The predicted octanol–water partition coefficient (Wildman–Crippen LogP) is 3.07. The van der Waals surface area contributed by atoms with E-state index < -0.39 is 40.8 Å². The molecular weight excluding hydrogens is 500 g/mol. The molecule has 3 aromatic carbocycles. The summed E-state index contributed by atoms with van der Waals surface area (Å²) >= 11 is 5.93. The number of esters is 1. The van der Waals surface area contributed by atoms with Crippen molar-refractivity contribution >= 4 is 52.6 Å². The number of benzene rings is 3. The second-order valence-corrected chi connectivity index (χ2v) is 9.08. The van der Waals surface area contributed by atoms with Crippen LogP contribution in [0.2, 0.25) is 5.02 Å². The Morgan fingerprint density at radius 2 is 1.24 bits per heavy atom. The second-order valence-electron chi connectivity index (χ2n) is 8.64. The lowest BCUT2D eigenvalue weighted by atomic mass is 9.74. The zero-order valence-electron chi connectivity index (χ0n) is 19.6. The summed E-state index contributed by atoms with van der Waals surface area (Å²) in [7, 11) is 0. The van der Waals surface area contributed by atoms with Gasteiger partial charge in [-0.2, -0.15) is 0 Å². The maximum Gasteiger partial charge on any atom is 0.339 e. The topological polar surface area (TPSA) is 121 Å². The van der Waals surface area contributed by atoms with Crippen LogP contribution in [0.15, 0.2) is 72.8 Å². The van der Waals surface area contributed by atoms with E-state index >= 15 is 0 Å². The molecule has 3 aromatic rings. The van der Waals surface area contributed by atoms with Crippen LogP contribution in [0.25, 0.3) is 0 Å². The van der Waals surface area contributed by atoms with Crippen molar-refractivity contribution < 1.29 is 33.8 Å². The van der Waals surface area contributed by atoms with Crippen molar-refractivity contribution in [3.05, 3.63) is 94.5 Å². The average Bonchev–Trinajstić information content (AvgIpc) is 3.26. The van der Waals surface area contributed by atoms with Crippen LogP contribution in [0.3, 0.4) is 0 Å². The van der Waals surface area contributed by atoms with E-state index in [-0.39, 0.29) is 28.1 Å². The first-order chi connectivity index (χ1) is 17.6. The normalized spacial score (nSPS) is 22.1. The standard InChI is InChI=1S/C27H19ClN2O7/c1-15(31)29-21-9-5-3-7-19(21)26(36,24(29)34)27(37-23(33)17-11-13-18(28)14-12-17)20-8-4-6-10-22(20)30(16(2)32)25(27)35/h3-14,36H,1-2H3/t26-,27-/m0/s1. The smallest absolute Gasteiger partial charge is 0.339 e. The molecule has 0 saturated heterocycles. The number of imide groups is 2. The Kier molecular flexibility index (Phi) is 5.50. The highest BCUT2D eigenvalue weighted by Gasteiger charge is 2.74. The van der Waals surface area contributed by atoms with Crippen molar-refractivity contribution in [1.82, 2.24) is 0 Å². The van der Waals surface area contributed by atoms with Crippen LogP contribution in [-0.4, -0.2) is 34.7 Å². The molecule has 186 valence electrons. The number of rotatable bonds is 3. The summed E-state index contributed by atoms with van der Waals surface area (Å²) < 4.78 is 5.85. The Labute approximate surface area is 215 Å². The van der Waals surface area contributed by atoms with Gasteiger partial charge in [-0.3, -0.25) is 19.2 Å². The molecular formula is C27H19ClN2O7. The molecule has 0 fully saturated rings. The number of amides is 4. The van der Waals surface area contributed by atoms with Gasteiger partial charge in [-0.15, -0.1) is 0 Å². The Hall–Kier alpha value is -4.34. The molecule has 4 amide bonds. The van der Waals surface area contributed by atoms with Gasteiger partial charge < -0.3 is 9.84 Å². The lowest BCUT2D eigenvalue weighted by molar-refractivity contribution is -0.185. The minimum atomic E-state index is -2.89. The van der Waals surface area contributed by atoms with Gasteiger partial charge in [0, 0.05) is 30.0 Å². The molecule has 2 aliphatic rings. The number of halogens is 1. The van der Waals surface area contributed by atoms with Crippen LogP contribution in [0.4, 0.5) is 11.4 Å². The van der Waals surface area contributed by atoms with E-state index in [9.17, 15) is 29.1 Å². The van der Waals surface area contributed by atoms with Gasteiger partial charge in [0.05, 0.1) is 16.9 Å². The number of hydrogen-bond acceptors (Lipinski definition) is 7. The minimum absolute atomic E-state index is 0.0240. The Morgan fingerprint density at radius 3 is 1.81 bits per heavy atom. The fourth-order valence-electron chi connectivity index (χ4n) is 4.98. The predicted molar refractivity (Wildman–Crippen MR) is 132 cm³/mol. The molecule has 0 saturated carbocycles. The highest BCUT2D eigenvalue weighted by atomic mass is 35.5. The number of aliphatic hydroxyl groups is 1. The summed E-state index contributed by atoms with van der Waals surface area (Å²) in [6.07, 6.45) is 0. The van der Waals surface area contributed by atoms with Gasteiger partial charge >= 0.3 is 5.97 Å². The van der Waals surface area contributed by atoms with Crippen molar-refractivity contribution in [2.45, 2.75) is 25.0 Å². The van der Waals surface area contributed by atoms with Crippen LogP contribution in [-0.2, 0) is 35.1 Å².